The Kier molecular flexibility index (Phi) is 3.92. The van der Waals surface area contributed by atoms with Crippen molar-refractivity contribution in [1.82, 2.24) is 5.32 Å². The van der Waals surface area contributed by atoms with Crippen LogP contribution in [0.1, 0.15) is 28.7 Å². The van der Waals surface area contributed by atoms with Crippen molar-refractivity contribution in [2.45, 2.75) is 32.1 Å². The van der Waals surface area contributed by atoms with Crippen molar-refractivity contribution in [2.75, 3.05) is 6.54 Å². The van der Waals surface area contributed by atoms with Crippen LogP contribution >= 0.6 is 11.3 Å². The number of benzene rings is 1. The van der Waals surface area contributed by atoms with E-state index in [1.807, 2.05) is 0 Å². The van der Waals surface area contributed by atoms with E-state index in [0.29, 0.717) is 13.0 Å². The van der Waals surface area contributed by atoms with E-state index < -0.39 is 0 Å². The highest BCUT2D eigenvalue weighted by Gasteiger charge is 2.16. The number of thiophene rings is 1. The van der Waals surface area contributed by atoms with Gasteiger partial charge in [-0.3, -0.25) is 4.79 Å². The van der Waals surface area contributed by atoms with Gasteiger partial charge in [-0.1, -0.05) is 0 Å². The number of carbonyl (C=O) groups excluding carboxylic acids is 1. The fourth-order valence-electron chi connectivity index (χ4n) is 3.30. The van der Waals surface area contributed by atoms with Crippen LogP contribution in [0, 0.1) is 0 Å². The van der Waals surface area contributed by atoms with Gasteiger partial charge in [0.1, 0.15) is 5.58 Å². The monoisotopic (exact) mass is 325 g/mol. The minimum Gasteiger partial charge on any atom is -0.464 e. The molecule has 2 aromatic heterocycles. The van der Waals surface area contributed by atoms with Crippen molar-refractivity contribution in [3.05, 3.63) is 57.5 Å². The molecule has 0 radical (unpaired) electrons. The van der Waals surface area contributed by atoms with E-state index in [9.17, 15) is 4.79 Å². The normalized spacial score (nSPS) is 13.4. The van der Waals surface area contributed by atoms with Gasteiger partial charge >= 0.3 is 0 Å². The third kappa shape index (κ3) is 3.04. The molecule has 2 heterocycles. The quantitative estimate of drug-likeness (QED) is 0.773. The molecule has 1 aromatic carbocycles. The Labute approximate surface area is 139 Å². The summed E-state index contributed by atoms with van der Waals surface area (Å²) in [4.78, 5) is 12.2. The minimum absolute atomic E-state index is 0.0587. The van der Waals surface area contributed by atoms with Crippen LogP contribution in [0.25, 0.3) is 11.0 Å². The molecule has 0 bridgehead atoms. The standard InChI is InChI=1S/C19H19NO2S/c21-19(20-6-4-13-5-7-23-12-13)10-16-11-22-18-9-15-3-1-2-14(15)8-17(16)18/h5,7-9,11-12H,1-4,6,10H2,(H,20,21). The lowest BCUT2D eigenvalue weighted by molar-refractivity contribution is -0.120. The van der Waals surface area contributed by atoms with Crippen LogP contribution in [0.3, 0.4) is 0 Å². The largest absolute Gasteiger partial charge is 0.464 e. The van der Waals surface area contributed by atoms with Crippen molar-refractivity contribution in [3.8, 4) is 0 Å². The molecule has 118 valence electrons. The van der Waals surface area contributed by atoms with Crippen molar-refractivity contribution < 1.29 is 9.21 Å². The maximum Gasteiger partial charge on any atom is 0.224 e. The summed E-state index contributed by atoms with van der Waals surface area (Å²) in [6, 6.07) is 6.46. The molecule has 0 unspecified atom stereocenters. The summed E-state index contributed by atoms with van der Waals surface area (Å²) in [7, 11) is 0. The number of aryl methyl sites for hydroxylation is 2. The first-order valence-corrected chi connectivity index (χ1v) is 9.03. The first kappa shape index (κ1) is 14.5. The van der Waals surface area contributed by atoms with E-state index in [2.05, 4.69) is 34.3 Å². The van der Waals surface area contributed by atoms with E-state index in [0.717, 1.165) is 35.8 Å². The SMILES string of the molecule is O=C(Cc1coc2cc3c(cc12)CCC3)NCCc1ccsc1. The summed E-state index contributed by atoms with van der Waals surface area (Å²) in [5, 5.41) is 8.28. The fourth-order valence-corrected chi connectivity index (χ4v) is 4.00. The summed E-state index contributed by atoms with van der Waals surface area (Å²) in [6.45, 7) is 0.681. The molecule has 4 heteroatoms. The van der Waals surface area contributed by atoms with Crippen molar-refractivity contribution in [2.24, 2.45) is 0 Å². The van der Waals surface area contributed by atoms with Crippen molar-refractivity contribution >= 4 is 28.2 Å². The number of hydrogen-bond donors (Lipinski definition) is 1. The number of rotatable bonds is 5. The van der Waals surface area contributed by atoms with E-state index in [4.69, 9.17) is 4.42 Å². The number of furan rings is 1. The lowest BCUT2D eigenvalue weighted by Gasteiger charge is -2.04. The highest BCUT2D eigenvalue weighted by atomic mass is 32.1. The predicted octanol–water partition coefficient (Wildman–Crippen LogP) is 3.88. The molecule has 1 aliphatic carbocycles. The number of nitrogens with one attached hydrogen (secondary N) is 1. The van der Waals surface area contributed by atoms with Gasteiger partial charge in [-0.25, -0.2) is 0 Å². The van der Waals surface area contributed by atoms with Crippen LogP contribution in [-0.4, -0.2) is 12.5 Å². The first-order valence-electron chi connectivity index (χ1n) is 8.09. The maximum absolute atomic E-state index is 12.2. The van der Waals surface area contributed by atoms with Gasteiger partial charge in [0.25, 0.3) is 0 Å². The topological polar surface area (TPSA) is 42.2 Å². The number of amides is 1. The molecule has 0 atom stereocenters. The molecule has 1 aliphatic rings. The van der Waals surface area contributed by atoms with Crippen LogP contribution in [0.15, 0.2) is 39.6 Å². The van der Waals surface area contributed by atoms with Gasteiger partial charge in [0.05, 0.1) is 12.7 Å². The molecule has 3 aromatic rings. The third-order valence-corrected chi connectivity index (χ3v) is 5.27. The maximum atomic E-state index is 12.2. The van der Waals surface area contributed by atoms with E-state index in [-0.39, 0.29) is 5.91 Å². The third-order valence-electron chi connectivity index (χ3n) is 4.54. The van der Waals surface area contributed by atoms with E-state index in [1.165, 1.54) is 23.1 Å². The average molecular weight is 325 g/mol. The molecule has 0 saturated heterocycles. The van der Waals surface area contributed by atoms with Gasteiger partial charge < -0.3 is 9.73 Å². The van der Waals surface area contributed by atoms with Crippen LogP contribution in [0.4, 0.5) is 0 Å². The lowest BCUT2D eigenvalue weighted by Crippen LogP contribution is -2.27. The number of fused-ring (bicyclic) bond motifs is 2. The zero-order valence-corrected chi connectivity index (χ0v) is 13.7. The fraction of sp³-hybridized carbons (Fsp3) is 0.316. The first-order chi connectivity index (χ1) is 11.3. The Hall–Kier alpha value is -2.07. The van der Waals surface area contributed by atoms with Gasteiger partial charge in [0.15, 0.2) is 0 Å². The lowest BCUT2D eigenvalue weighted by atomic mass is 10.0. The predicted molar refractivity (Wildman–Crippen MR) is 93.0 cm³/mol. The summed E-state index contributed by atoms with van der Waals surface area (Å²) in [5.74, 6) is 0.0587. The number of hydrogen-bond acceptors (Lipinski definition) is 3. The van der Waals surface area contributed by atoms with Crippen LogP contribution < -0.4 is 5.32 Å². The Morgan fingerprint density at radius 1 is 1.26 bits per heavy atom. The molecule has 0 saturated carbocycles. The summed E-state index contributed by atoms with van der Waals surface area (Å²) >= 11 is 1.69. The van der Waals surface area contributed by atoms with Gasteiger partial charge in [-0.2, -0.15) is 11.3 Å². The average Bonchev–Trinajstić information content (AvgIpc) is 3.26. The second kappa shape index (κ2) is 6.20. The summed E-state index contributed by atoms with van der Waals surface area (Å²) in [5.41, 5.74) is 5.99. The zero-order valence-electron chi connectivity index (χ0n) is 12.9. The molecule has 4 rings (SSSR count). The summed E-state index contributed by atoms with van der Waals surface area (Å²) < 4.78 is 5.66. The van der Waals surface area contributed by atoms with Crippen LogP contribution in [0.5, 0.6) is 0 Å². The molecular formula is C19H19NO2S. The Morgan fingerprint density at radius 3 is 2.96 bits per heavy atom. The molecule has 0 fully saturated rings. The van der Waals surface area contributed by atoms with Gasteiger partial charge in [0.2, 0.25) is 5.91 Å². The molecular weight excluding hydrogens is 306 g/mol. The van der Waals surface area contributed by atoms with Crippen molar-refractivity contribution in [3.63, 3.8) is 0 Å². The smallest absolute Gasteiger partial charge is 0.224 e. The van der Waals surface area contributed by atoms with Crippen molar-refractivity contribution in [1.29, 1.82) is 0 Å². The molecule has 0 aliphatic heterocycles. The molecule has 23 heavy (non-hydrogen) atoms. The van der Waals surface area contributed by atoms with E-state index in [1.54, 1.807) is 17.6 Å². The van der Waals surface area contributed by atoms with E-state index >= 15 is 0 Å². The molecule has 1 amide bonds. The summed E-state index contributed by atoms with van der Waals surface area (Å²) in [6.07, 6.45) is 6.51. The number of carbonyl (C=O) groups is 1. The van der Waals surface area contributed by atoms with Gasteiger partial charge in [0, 0.05) is 17.5 Å². The van der Waals surface area contributed by atoms with Crippen LogP contribution in [-0.2, 0) is 30.5 Å². The Bertz CT molecular complexity index is 833. The molecule has 3 nitrogen and oxygen atoms in total. The highest BCUT2D eigenvalue weighted by Crippen LogP contribution is 2.30. The molecule has 1 N–H and O–H groups in total. The Morgan fingerprint density at radius 2 is 2.13 bits per heavy atom. The zero-order chi connectivity index (χ0) is 15.6. The van der Waals surface area contributed by atoms with Gasteiger partial charge in [-0.05, 0) is 71.3 Å². The second-order valence-electron chi connectivity index (χ2n) is 6.14. The van der Waals surface area contributed by atoms with Crippen LogP contribution in [0.2, 0.25) is 0 Å². The minimum atomic E-state index is 0.0587. The second-order valence-corrected chi connectivity index (χ2v) is 6.92. The highest BCUT2D eigenvalue weighted by molar-refractivity contribution is 7.07. The Balaban J connectivity index is 1.42. The van der Waals surface area contributed by atoms with Gasteiger partial charge in [-0.15, -0.1) is 0 Å². The molecule has 0 spiro atoms.